The van der Waals surface area contributed by atoms with Crippen LogP contribution in [0.25, 0.3) is 0 Å². The molecule has 0 saturated heterocycles. The zero-order valence-corrected chi connectivity index (χ0v) is 14.1. The summed E-state index contributed by atoms with van der Waals surface area (Å²) < 4.78 is 0. The molecule has 1 unspecified atom stereocenters. The van der Waals surface area contributed by atoms with Crippen LogP contribution in [0.2, 0.25) is 0 Å². The number of aliphatic hydroxyl groups excluding tert-OH is 1. The fourth-order valence-corrected chi connectivity index (χ4v) is 2.69. The molecule has 7 heteroatoms. The zero-order valence-electron chi connectivity index (χ0n) is 13.3. The summed E-state index contributed by atoms with van der Waals surface area (Å²) in [4.78, 5) is 11.8. The molecule has 0 bridgehead atoms. The topological polar surface area (TPSA) is 87.1 Å². The summed E-state index contributed by atoms with van der Waals surface area (Å²) in [6.07, 6.45) is 2.74. The number of hydrogen-bond donors (Lipinski definition) is 3. The molecule has 120 valence electrons. The van der Waals surface area contributed by atoms with E-state index in [0.29, 0.717) is 24.0 Å². The van der Waals surface area contributed by atoms with Crippen LogP contribution in [-0.2, 0) is 5.41 Å². The van der Waals surface area contributed by atoms with Crippen LogP contribution in [0, 0.1) is 5.92 Å². The Morgan fingerprint density at radius 3 is 2.57 bits per heavy atom. The standard InChI is InChI=1S/C14H26N4O2S/c1-5-6-10(7-8-19)9-15-12(20)16-13-18-17-11(21-13)14(2,3)4/h10,19H,5-9H2,1-4H3,(H2,15,16,18,20). The molecule has 0 aliphatic heterocycles. The van der Waals surface area contributed by atoms with Gasteiger partial charge < -0.3 is 10.4 Å². The van der Waals surface area contributed by atoms with Gasteiger partial charge in [-0.2, -0.15) is 0 Å². The second-order valence-corrected chi connectivity index (χ2v) is 7.14. The number of anilines is 1. The first kappa shape index (κ1) is 17.8. The van der Waals surface area contributed by atoms with Crippen molar-refractivity contribution in [2.45, 2.75) is 52.4 Å². The van der Waals surface area contributed by atoms with E-state index in [0.717, 1.165) is 17.8 Å². The molecule has 1 aromatic heterocycles. The van der Waals surface area contributed by atoms with E-state index in [1.54, 1.807) is 0 Å². The van der Waals surface area contributed by atoms with Gasteiger partial charge in [-0.1, -0.05) is 45.5 Å². The predicted molar refractivity (Wildman–Crippen MR) is 85.7 cm³/mol. The Kier molecular flexibility index (Phi) is 7.04. The largest absolute Gasteiger partial charge is 0.396 e. The third kappa shape index (κ3) is 6.39. The lowest BCUT2D eigenvalue weighted by Crippen LogP contribution is -2.33. The van der Waals surface area contributed by atoms with Crippen LogP contribution in [0.3, 0.4) is 0 Å². The Morgan fingerprint density at radius 1 is 1.33 bits per heavy atom. The Labute approximate surface area is 130 Å². The molecule has 3 N–H and O–H groups in total. The molecular weight excluding hydrogens is 288 g/mol. The first-order valence-corrected chi connectivity index (χ1v) is 8.18. The van der Waals surface area contributed by atoms with E-state index in [-0.39, 0.29) is 18.1 Å². The molecule has 1 rings (SSSR count). The van der Waals surface area contributed by atoms with Crippen molar-refractivity contribution in [3.63, 3.8) is 0 Å². The van der Waals surface area contributed by atoms with E-state index >= 15 is 0 Å². The van der Waals surface area contributed by atoms with E-state index in [1.165, 1.54) is 11.3 Å². The quantitative estimate of drug-likeness (QED) is 0.722. The maximum Gasteiger partial charge on any atom is 0.321 e. The molecule has 0 radical (unpaired) electrons. The second kappa shape index (κ2) is 8.29. The van der Waals surface area contributed by atoms with Gasteiger partial charge in [-0.25, -0.2) is 4.79 Å². The third-order valence-corrected chi connectivity index (χ3v) is 4.34. The molecule has 0 aliphatic carbocycles. The predicted octanol–water partition coefficient (Wildman–Crippen LogP) is 2.76. The summed E-state index contributed by atoms with van der Waals surface area (Å²) in [6.45, 7) is 8.98. The van der Waals surface area contributed by atoms with Crippen LogP contribution in [0.15, 0.2) is 0 Å². The highest BCUT2D eigenvalue weighted by atomic mass is 32.1. The zero-order chi connectivity index (χ0) is 15.9. The van der Waals surface area contributed by atoms with Crippen LogP contribution >= 0.6 is 11.3 Å². The van der Waals surface area contributed by atoms with Gasteiger partial charge in [0.2, 0.25) is 5.13 Å². The average molecular weight is 314 g/mol. The van der Waals surface area contributed by atoms with Crippen molar-refractivity contribution in [3.05, 3.63) is 5.01 Å². The molecule has 1 heterocycles. The molecule has 2 amide bonds. The van der Waals surface area contributed by atoms with Crippen molar-refractivity contribution < 1.29 is 9.90 Å². The average Bonchev–Trinajstić information content (AvgIpc) is 2.85. The van der Waals surface area contributed by atoms with Crippen LogP contribution in [0.5, 0.6) is 0 Å². The Morgan fingerprint density at radius 2 is 2.05 bits per heavy atom. The number of rotatable bonds is 7. The van der Waals surface area contributed by atoms with Crippen LogP contribution in [-0.4, -0.2) is 34.5 Å². The number of nitrogens with zero attached hydrogens (tertiary/aromatic N) is 2. The number of amides is 2. The van der Waals surface area contributed by atoms with Crippen molar-refractivity contribution in [3.8, 4) is 0 Å². The fraction of sp³-hybridized carbons (Fsp3) is 0.786. The Balaban J connectivity index is 2.44. The van der Waals surface area contributed by atoms with Gasteiger partial charge in [0.05, 0.1) is 0 Å². The summed E-state index contributed by atoms with van der Waals surface area (Å²) >= 11 is 1.39. The lowest BCUT2D eigenvalue weighted by Gasteiger charge is -2.15. The summed E-state index contributed by atoms with van der Waals surface area (Å²) in [5.41, 5.74) is -0.0680. The van der Waals surface area contributed by atoms with E-state index < -0.39 is 0 Å². The first-order valence-electron chi connectivity index (χ1n) is 7.36. The number of hydrogen-bond acceptors (Lipinski definition) is 5. The van der Waals surface area contributed by atoms with Gasteiger partial charge in [-0.05, 0) is 18.8 Å². The number of carbonyl (C=O) groups excluding carboxylic acids is 1. The monoisotopic (exact) mass is 314 g/mol. The van der Waals surface area contributed by atoms with E-state index in [4.69, 9.17) is 5.11 Å². The van der Waals surface area contributed by atoms with Crippen LogP contribution in [0.1, 0.15) is 52.0 Å². The van der Waals surface area contributed by atoms with Crippen molar-refractivity contribution >= 4 is 22.5 Å². The minimum absolute atomic E-state index is 0.0680. The fourth-order valence-electron chi connectivity index (χ4n) is 1.89. The summed E-state index contributed by atoms with van der Waals surface area (Å²) in [5.74, 6) is 0.310. The van der Waals surface area contributed by atoms with Crippen LogP contribution < -0.4 is 10.6 Å². The van der Waals surface area contributed by atoms with Crippen molar-refractivity contribution in [1.29, 1.82) is 0 Å². The van der Waals surface area contributed by atoms with E-state index in [9.17, 15) is 4.79 Å². The normalized spacial score (nSPS) is 13.0. The number of carbonyl (C=O) groups is 1. The number of aliphatic hydroxyl groups is 1. The third-order valence-electron chi connectivity index (χ3n) is 3.07. The highest BCUT2D eigenvalue weighted by Crippen LogP contribution is 2.27. The molecule has 21 heavy (non-hydrogen) atoms. The molecule has 0 aromatic carbocycles. The van der Waals surface area contributed by atoms with Crippen molar-refractivity contribution in [2.24, 2.45) is 5.92 Å². The molecule has 0 saturated carbocycles. The van der Waals surface area contributed by atoms with Gasteiger partial charge >= 0.3 is 6.03 Å². The molecule has 1 atom stereocenters. The summed E-state index contributed by atoms with van der Waals surface area (Å²) in [5, 5.41) is 24.0. The molecule has 6 nitrogen and oxygen atoms in total. The van der Waals surface area contributed by atoms with Gasteiger partial charge in [-0.3, -0.25) is 5.32 Å². The van der Waals surface area contributed by atoms with Gasteiger partial charge in [-0.15, -0.1) is 10.2 Å². The number of urea groups is 1. The maximum atomic E-state index is 11.8. The molecule has 0 fully saturated rings. The second-order valence-electron chi connectivity index (χ2n) is 6.16. The van der Waals surface area contributed by atoms with Gasteiger partial charge in [0.15, 0.2) is 0 Å². The minimum Gasteiger partial charge on any atom is -0.396 e. The molecule has 1 aromatic rings. The highest BCUT2D eigenvalue weighted by molar-refractivity contribution is 7.15. The number of nitrogens with one attached hydrogen (secondary N) is 2. The van der Waals surface area contributed by atoms with Gasteiger partial charge in [0.1, 0.15) is 5.01 Å². The Bertz CT molecular complexity index is 436. The highest BCUT2D eigenvalue weighted by Gasteiger charge is 2.20. The SMILES string of the molecule is CCCC(CCO)CNC(=O)Nc1nnc(C(C)(C)C)s1. The smallest absolute Gasteiger partial charge is 0.321 e. The van der Waals surface area contributed by atoms with E-state index in [2.05, 4.69) is 48.5 Å². The Hall–Kier alpha value is -1.21. The van der Waals surface area contributed by atoms with Crippen LogP contribution in [0.4, 0.5) is 9.93 Å². The molecular formula is C14H26N4O2S. The molecule has 0 spiro atoms. The van der Waals surface area contributed by atoms with Gasteiger partial charge in [0.25, 0.3) is 0 Å². The lowest BCUT2D eigenvalue weighted by molar-refractivity contribution is 0.236. The lowest BCUT2D eigenvalue weighted by atomic mass is 9.98. The van der Waals surface area contributed by atoms with Crippen molar-refractivity contribution in [2.75, 3.05) is 18.5 Å². The summed E-state index contributed by atoms with van der Waals surface area (Å²) in [7, 11) is 0. The molecule has 0 aliphatic rings. The summed E-state index contributed by atoms with van der Waals surface area (Å²) in [6, 6.07) is -0.273. The first-order chi connectivity index (χ1) is 9.86. The van der Waals surface area contributed by atoms with Crippen molar-refractivity contribution in [1.82, 2.24) is 15.5 Å². The maximum absolute atomic E-state index is 11.8. The van der Waals surface area contributed by atoms with Gasteiger partial charge in [0, 0.05) is 18.6 Å². The van der Waals surface area contributed by atoms with E-state index in [1.807, 2.05) is 0 Å². The minimum atomic E-state index is -0.273. The number of aromatic nitrogens is 2.